The lowest BCUT2D eigenvalue weighted by atomic mass is 9.86. The van der Waals surface area contributed by atoms with E-state index in [9.17, 15) is 9.59 Å². The monoisotopic (exact) mass is 278 g/mol. The van der Waals surface area contributed by atoms with Crippen LogP contribution in [0, 0.1) is 0 Å². The number of amides is 2. The van der Waals surface area contributed by atoms with Crippen LogP contribution in [0.5, 0.6) is 0 Å². The summed E-state index contributed by atoms with van der Waals surface area (Å²) in [5.74, 6) is 0.150. The molecule has 4 rings (SSSR count). The molecular weight excluding hydrogens is 256 g/mol. The van der Waals surface area contributed by atoms with Crippen molar-refractivity contribution in [3.8, 4) is 0 Å². The SMILES string of the molecule is CC1C(=O)NC2(CCCC2)C(=O)N1C1CC2CCC1O2. The first-order valence-corrected chi connectivity index (χ1v) is 7.91. The molecule has 20 heavy (non-hydrogen) atoms. The zero-order valence-corrected chi connectivity index (χ0v) is 11.9. The van der Waals surface area contributed by atoms with Crippen molar-refractivity contribution in [3.05, 3.63) is 0 Å². The van der Waals surface area contributed by atoms with Gasteiger partial charge in [0.25, 0.3) is 0 Å². The first kappa shape index (κ1) is 12.6. The summed E-state index contributed by atoms with van der Waals surface area (Å²) in [5.41, 5.74) is -0.606. The minimum atomic E-state index is -0.606. The van der Waals surface area contributed by atoms with Crippen LogP contribution in [-0.4, -0.2) is 46.5 Å². The first-order valence-electron chi connectivity index (χ1n) is 7.91. The highest BCUT2D eigenvalue weighted by Crippen LogP contribution is 2.42. The Morgan fingerprint density at radius 2 is 2.00 bits per heavy atom. The zero-order chi connectivity index (χ0) is 13.9. The second-order valence-electron chi connectivity index (χ2n) is 6.84. The van der Waals surface area contributed by atoms with Gasteiger partial charge in [0.1, 0.15) is 11.6 Å². The third-order valence-electron chi connectivity index (χ3n) is 5.69. The average Bonchev–Trinajstić information content (AvgIpc) is 3.13. The molecule has 0 aromatic heterocycles. The molecule has 1 N–H and O–H groups in total. The summed E-state index contributed by atoms with van der Waals surface area (Å²) in [4.78, 5) is 27.2. The molecule has 4 unspecified atom stereocenters. The molecule has 5 heteroatoms. The number of nitrogens with zero attached hydrogens (tertiary/aromatic N) is 1. The van der Waals surface area contributed by atoms with Crippen LogP contribution in [0.1, 0.15) is 51.9 Å². The van der Waals surface area contributed by atoms with Crippen LogP contribution in [-0.2, 0) is 14.3 Å². The number of carbonyl (C=O) groups is 2. The Morgan fingerprint density at radius 1 is 1.25 bits per heavy atom. The summed E-state index contributed by atoms with van der Waals surface area (Å²) in [6.07, 6.45) is 7.14. The van der Waals surface area contributed by atoms with Crippen molar-refractivity contribution in [3.63, 3.8) is 0 Å². The number of rotatable bonds is 1. The number of fused-ring (bicyclic) bond motifs is 2. The van der Waals surface area contributed by atoms with Crippen LogP contribution >= 0.6 is 0 Å². The molecule has 2 amide bonds. The number of hydrogen-bond donors (Lipinski definition) is 1. The molecule has 1 spiro atoms. The molecular formula is C15H22N2O3. The van der Waals surface area contributed by atoms with E-state index in [1.165, 1.54) is 0 Å². The highest BCUT2D eigenvalue weighted by molar-refractivity contribution is 6.00. The van der Waals surface area contributed by atoms with Crippen LogP contribution in [0.25, 0.3) is 0 Å². The van der Waals surface area contributed by atoms with Gasteiger partial charge in [0, 0.05) is 0 Å². The van der Waals surface area contributed by atoms with Crippen molar-refractivity contribution in [2.75, 3.05) is 0 Å². The van der Waals surface area contributed by atoms with E-state index in [1.54, 1.807) is 0 Å². The van der Waals surface area contributed by atoms with Crippen LogP contribution in [0.4, 0.5) is 0 Å². The van der Waals surface area contributed by atoms with E-state index in [0.717, 1.165) is 44.9 Å². The average molecular weight is 278 g/mol. The fourth-order valence-electron chi connectivity index (χ4n) is 4.60. The molecule has 4 aliphatic rings. The number of hydrogen-bond acceptors (Lipinski definition) is 3. The summed E-state index contributed by atoms with van der Waals surface area (Å²) in [7, 11) is 0. The quantitative estimate of drug-likeness (QED) is 0.777. The molecule has 4 fully saturated rings. The first-order chi connectivity index (χ1) is 9.61. The van der Waals surface area contributed by atoms with Gasteiger partial charge in [0.2, 0.25) is 11.8 Å². The van der Waals surface area contributed by atoms with Gasteiger partial charge in [-0.25, -0.2) is 0 Å². The highest BCUT2D eigenvalue weighted by Gasteiger charge is 2.56. The molecule has 3 aliphatic heterocycles. The minimum Gasteiger partial charge on any atom is -0.373 e. The van der Waals surface area contributed by atoms with Gasteiger partial charge in [-0.05, 0) is 39.0 Å². The van der Waals surface area contributed by atoms with Crippen molar-refractivity contribution >= 4 is 11.8 Å². The predicted octanol–water partition coefficient (Wildman–Crippen LogP) is 0.966. The van der Waals surface area contributed by atoms with E-state index < -0.39 is 5.54 Å². The molecule has 3 saturated heterocycles. The summed E-state index contributed by atoms with van der Waals surface area (Å²) >= 11 is 0. The molecule has 0 aromatic rings. The normalized spacial score (nSPS) is 42.5. The third-order valence-corrected chi connectivity index (χ3v) is 5.69. The van der Waals surface area contributed by atoms with Gasteiger partial charge in [0.05, 0.1) is 18.2 Å². The Balaban J connectivity index is 1.65. The zero-order valence-electron chi connectivity index (χ0n) is 11.9. The molecule has 1 aliphatic carbocycles. The Morgan fingerprint density at radius 3 is 2.60 bits per heavy atom. The van der Waals surface area contributed by atoms with Gasteiger partial charge in [-0.3, -0.25) is 9.59 Å². The lowest BCUT2D eigenvalue weighted by Gasteiger charge is -2.47. The Kier molecular flexibility index (Phi) is 2.65. The van der Waals surface area contributed by atoms with Crippen molar-refractivity contribution < 1.29 is 14.3 Å². The Labute approximate surface area is 119 Å². The van der Waals surface area contributed by atoms with Crippen molar-refractivity contribution in [1.29, 1.82) is 0 Å². The molecule has 3 heterocycles. The van der Waals surface area contributed by atoms with E-state index in [-0.39, 0.29) is 30.0 Å². The molecule has 4 atom stereocenters. The van der Waals surface area contributed by atoms with Gasteiger partial charge in [0.15, 0.2) is 0 Å². The van der Waals surface area contributed by atoms with Crippen LogP contribution in [0.15, 0.2) is 0 Å². The second-order valence-corrected chi connectivity index (χ2v) is 6.84. The maximum atomic E-state index is 13.0. The van der Waals surface area contributed by atoms with E-state index in [2.05, 4.69) is 5.32 Å². The van der Waals surface area contributed by atoms with E-state index >= 15 is 0 Å². The number of carbonyl (C=O) groups excluding carboxylic acids is 2. The van der Waals surface area contributed by atoms with E-state index in [0.29, 0.717) is 6.10 Å². The summed E-state index contributed by atoms with van der Waals surface area (Å²) < 4.78 is 5.90. The fourth-order valence-corrected chi connectivity index (χ4v) is 4.60. The highest BCUT2D eigenvalue weighted by atomic mass is 16.5. The van der Waals surface area contributed by atoms with Crippen molar-refractivity contribution in [1.82, 2.24) is 10.2 Å². The second kappa shape index (κ2) is 4.20. The maximum Gasteiger partial charge on any atom is 0.249 e. The third kappa shape index (κ3) is 1.59. The fraction of sp³-hybridized carbons (Fsp3) is 0.867. The van der Waals surface area contributed by atoms with Gasteiger partial charge < -0.3 is 15.0 Å². The molecule has 0 radical (unpaired) electrons. The summed E-state index contributed by atoms with van der Waals surface area (Å²) in [5, 5.41) is 3.02. The van der Waals surface area contributed by atoms with E-state index in [1.807, 2.05) is 11.8 Å². The minimum absolute atomic E-state index is 0.00859. The number of piperazine rings is 1. The Bertz CT molecular complexity index is 458. The lowest BCUT2D eigenvalue weighted by Crippen LogP contribution is -2.71. The summed E-state index contributed by atoms with van der Waals surface area (Å²) in [6, 6.07) is -0.249. The predicted molar refractivity (Wildman–Crippen MR) is 71.9 cm³/mol. The largest absolute Gasteiger partial charge is 0.373 e. The van der Waals surface area contributed by atoms with Crippen LogP contribution < -0.4 is 5.32 Å². The molecule has 1 saturated carbocycles. The topological polar surface area (TPSA) is 58.6 Å². The van der Waals surface area contributed by atoms with Crippen LogP contribution in [0.2, 0.25) is 0 Å². The molecule has 110 valence electrons. The Hall–Kier alpha value is -1.10. The molecule has 2 bridgehead atoms. The van der Waals surface area contributed by atoms with Crippen molar-refractivity contribution in [2.24, 2.45) is 0 Å². The van der Waals surface area contributed by atoms with Crippen molar-refractivity contribution in [2.45, 2.75) is 81.7 Å². The standard InChI is InChI=1S/C15H22N2O3/c1-9-13(18)16-15(6-2-3-7-15)14(19)17(9)11-8-10-4-5-12(11)20-10/h9-12H,2-8H2,1H3,(H,16,18). The van der Waals surface area contributed by atoms with Gasteiger partial charge in [-0.2, -0.15) is 0 Å². The van der Waals surface area contributed by atoms with Gasteiger partial charge >= 0.3 is 0 Å². The van der Waals surface area contributed by atoms with Crippen LogP contribution in [0.3, 0.4) is 0 Å². The number of ether oxygens (including phenoxy) is 1. The van der Waals surface area contributed by atoms with Gasteiger partial charge in [-0.15, -0.1) is 0 Å². The maximum absolute atomic E-state index is 13.0. The smallest absolute Gasteiger partial charge is 0.249 e. The lowest BCUT2D eigenvalue weighted by molar-refractivity contribution is -0.158. The van der Waals surface area contributed by atoms with Gasteiger partial charge in [-0.1, -0.05) is 12.8 Å². The molecule has 5 nitrogen and oxygen atoms in total. The molecule has 0 aromatic carbocycles. The number of nitrogens with one attached hydrogen (secondary N) is 1. The summed E-state index contributed by atoms with van der Waals surface area (Å²) in [6.45, 7) is 1.85. The van der Waals surface area contributed by atoms with E-state index in [4.69, 9.17) is 4.74 Å².